The highest BCUT2D eigenvalue weighted by Crippen LogP contribution is 2.19. The fourth-order valence-corrected chi connectivity index (χ4v) is 1.73. The third-order valence-corrected chi connectivity index (χ3v) is 2.69. The Balaban J connectivity index is 2.19. The minimum Gasteiger partial charge on any atom is -0.364 e. The van der Waals surface area contributed by atoms with Crippen LogP contribution in [0.4, 0.5) is 5.82 Å². The van der Waals surface area contributed by atoms with Gasteiger partial charge in [-0.1, -0.05) is 11.6 Å². The number of nitrogens with one attached hydrogen (secondary N) is 1. The molecule has 7 heteroatoms. The minimum absolute atomic E-state index is 0.139. The van der Waals surface area contributed by atoms with Crippen LogP contribution in [0.5, 0.6) is 0 Å². The zero-order valence-electron chi connectivity index (χ0n) is 10.5. The molecule has 98 valence electrons. The maximum absolute atomic E-state index is 11.0. The number of nitrogens with zero attached hydrogens (tertiary/aromatic N) is 4. The zero-order valence-corrected chi connectivity index (χ0v) is 11.3. The molecule has 2 aromatic rings. The van der Waals surface area contributed by atoms with Crippen LogP contribution in [0.15, 0.2) is 12.4 Å². The Hall–Kier alpha value is -2.08. The van der Waals surface area contributed by atoms with Crippen LogP contribution in [0.1, 0.15) is 27.6 Å². The van der Waals surface area contributed by atoms with Gasteiger partial charge in [-0.05, 0) is 13.8 Å². The summed E-state index contributed by atoms with van der Waals surface area (Å²) in [4.78, 5) is 27.4. The molecule has 0 radical (unpaired) electrons. The lowest BCUT2D eigenvalue weighted by molar-refractivity contribution is 0.112. The van der Waals surface area contributed by atoms with Gasteiger partial charge < -0.3 is 5.32 Å². The standard InChI is InChI=1S/C12H12ClN5O/c1-7-3-15-9(4-14-7)5-16-12-10(6-19)11(13)17-8(2)18-12/h3-4,6H,5H2,1-2H3,(H,16,17,18). The lowest BCUT2D eigenvalue weighted by Crippen LogP contribution is -2.08. The fraction of sp³-hybridized carbons (Fsp3) is 0.250. The molecule has 2 aromatic heterocycles. The van der Waals surface area contributed by atoms with Gasteiger partial charge in [0.05, 0.1) is 29.7 Å². The maximum Gasteiger partial charge on any atom is 0.156 e. The number of halogens is 1. The van der Waals surface area contributed by atoms with Crippen LogP contribution in [-0.2, 0) is 6.54 Å². The summed E-state index contributed by atoms with van der Waals surface area (Å²) >= 11 is 5.89. The molecule has 0 atom stereocenters. The summed E-state index contributed by atoms with van der Waals surface area (Å²) in [7, 11) is 0. The smallest absolute Gasteiger partial charge is 0.156 e. The monoisotopic (exact) mass is 277 g/mol. The number of aromatic nitrogens is 4. The molecule has 0 amide bonds. The first-order valence-electron chi connectivity index (χ1n) is 5.61. The Kier molecular flexibility index (Phi) is 4.01. The molecule has 1 N–H and O–H groups in total. The average molecular weight is 278 g/mol. The van der Waals surface area contributed by atoms with E-state index in [-0.39, 0.29) is 10.7 Å². The van der Waals surface area contributed by atoms with Crippen molar-refractivity contribution in [3.63, 3.8) is 0 Å². The normalized spacial score (nSPS) is 10.3. The van der Waals surface area contributed by atoms with Gasteiger partial charge in [-0.2, -0.15) is 0 Å². The van der Waals surface area contributed by atoms with E-state index in [1.165, 1.54) is 0 Å². The van der Waals surface area contributed by atoms with Crippen LogP contribution >= 0.6 is 11.6 Å². The molecule has 0 aliphatic rings. The first kappa shape index (κ1) is 13.4. The molecule has 0 unspecified atom stereocenters. The lowest BCUT2D eigenvalue weighted by atomic mass is 10.3. The van der Waals surface area contributed by atoms with Crippen molar-refractivity contribution in [2.75, 3.05) is 5.32 Å². The molecule has 0 saturated carbocycles. The van der Waals surface area contributed by atoms with Gasteiger partial charge in [-0.25, -0.2) is 9.97 Å². The Morgan fingerprint density at radius 3 is 2.68 bits per heavy atom. The summed E-state index contributed by atoms with van der Waals surface area (Å²) in [6.45, 7) is 3.97. The Bertz CT molecular complexity index is 600. The van der Waals surface area contributed by atoms with Gasteiger partial charge in [-0.3, -0.25) is 14.8 Å². The number of aryl methyl sites for hydroxylation is 2. The van der Waals surface area contributed by atoms with E-state index in [0.717, 1.165) is 11.4 Å². The summed E-state index contributed by atoms with van der Waals surface area (Å²) < 4.78 is 0. The number of hydrogen-bond donors (Lipinski definition) is 1. The minimum atomic E-state index is 0.139. The van der Waals surface area contributed by atoms with Crippen molar-refractivity contribution in [1.82, 2.24) is 19.9 Å². The SMILES string of the molecule is Cc1cnc(CNc2nc(C)nc(Cl)c2C=O)cn1. The van der Waals surface area contributed by atoms with Gasteiger partial charge in [0.2, 0.25) is 0 Å². The predicted molar refractivity (Wildman–Crippen MR) is 71.3 cm³/mol. The second-order valence-corrected chi connectivity index (χ2v) is 4.30. The molecule has 6 nitrogen and oxygen atoms in total. The highest BCUT2D eigenvalue weighted by Gasteiger charge is 2.10. The maximum atomic E-state index is 11.0. The number of rotatable bonds is 4. The molecular weight excluding hydrogens is 266 g/mol. The quantitative estimate of drug-likeness (QED) is 0.680. The van der Waals surface area contributed by atoms with Crippen molar-refractivity contribution in [1.29, 1.82) is 0 Å². The number of carbonyl (C=O) groups is 1. The third-order valence-electron chi connectivity index (χ3n) is 2.40. The van der Waals surface area contributed by atoms with Crippen LogP contribution in [0.25, 0.3) is 0 Å². The van der Waals surface area contributed by atoms with Crippen molar-refractivity contribution in [3.05, 3.63) is 40.3 Å². The molecule has 0 aliphatic heterocycles. The molecule has 0 spiro atoms. The van der Waals surface area contributed by atoms with Gasteiger partial charge in [0.25, 0.3) is 0 Å². The molecule has 0 aliphatic carbocycles. The van der Waals surface area contributed by atoms with Gasteiger partial charge in [-0.15, -0.1) is 0 Å². The van der Waals surface area contributed by atoms with E-state index >= 15 is 0 Å². The van der Waals surface area contributed by atoms with E-state index in [1.54, 1.807) is 19.3 Å². The van der Waals surface area contributed by atoms with Crippen LogP contribution in [-0.4, -0.2) is 26.2 Å². The molecule has 0 aromatic carbocycles. The summed E-state index contributed by atoms with van der Waals surface area (Å²) in [5, 5.41) is 3.15. The molecule has 0 bridgehead atoms. The second kappa shape index (κ2) is 5.71. The first-order valence-corrected chi connectivity index (χ1v) is 5.98. The summed E-state index contributed by atoms with van der Waals surface area (Å²) in [5.41, 5.74) is 1.83. The number of aldehydes is 1. The molecular formula is C12H12ClN5O. The van der Waals surface area contributed by atoms with Gasteiger partial charge in [0, 0.05) is 6.20 Å². The molecule has 0 fully saturated rings. The van der Waals surface area contributed by atoms with Crippen LogP contribution in [0.3, 0.4) is 0 Å². The van der Waals surface area contributed by atoms with E-state index in [2.05, 4.69) is 25.3 Å². The van der Waals surface area contributed by atoms with Gasteiger partial charge in [0.15, 0.2) is 6.29 Å². The van der Waals surface area contributed by atoms with E-state index in [1.807, 2.05) is 6.92 Å². The zero-order chi connectivity index (χ0) is 13.8. The van der Waals surface area contributed by atoms with E-state index in [4.69, 9.17) is 11.6 Å². The molecule has 2 heterocycles. The van der Waals surface area contributed by atoms with Crippen molar-refractivity contribution >= 4 is 23.7 Å². The van der Waals surface area contributed by atoms with Crippen LogP contribution in [0, 0.1) is 13.8 Å². The predicted octanol–water partition coefficient (Wildman–Crippen LogP) is 1.96. The van der Waals surface area contributed by atoms with E-state index in [9.17, 15) is 4.79 Å². The number of hydrogen-bond acceptors (Lipinski definition) is 6. The highest BCUT2D eigenvalue weighted by atomic mass is 35.5. The Morgan fingerprint density at radius 2 is 2.05 bits per heavy atom. The van der Waals surface area contributed by atoms with Crippen molar-refractivity contribution in [3.8, 4) is 0 Å². The van der Waals surface area contributed by atoms with Gasteiger partial charge in [0.1, 0.15) is 16.8 Å². The van der Waals surface area contributed by atoms with Crippen LogP contribution < -0.4 is 5.32 Å². The molecule has 19 heavy (non-hydrogen) atoms. The summed E-state index contributed by atoms with van der Waals surface area (Å²) in [6.07, 6.45) is 3.97. The first-order chi connectivity index (χ1) is 9.10. The topological polar surface area (TPSA) is 80.7 Å². The van der Waals surface area contributed by atoms with Gasteiger partial charge >= 0.3 is 0 Å². The fourth-order valence-electron chi connectivity index (χ4n) is 1.47. The Labute approximate surface area is 115 Å². The number of anilines is 1. The number of carbonyl (C=O) groups excluding carboxylic acids is 1. The largest absolute Gasteiger partial charge is 0.364 e. The average Bonchev–Trinajstić information content (AvgIpc) is 2.37. The molecule has 0 saturated heterocycles. The van der Waals surface area contributed by atoms with Crippen molar-refractivity contribution in [2.24, 2.45) is 0 Å². The summed E-state index contributed by atoms with van der Waals surface area (Å²) in [5.74, 6) is 0.892. The third kappa shape index (κ3) is 3.23. The van der Waals surface area contributed by atoms with Crippen molar-refractivity contribution < 1.29 is 4.79 Å². The highest BCUT2D eigenvalue weighted by molar-refractivity contribution is 6.32. The van der Waals surface area contributed by atoms with E-state index in [0.29, 0.717) is 24.5 Å². The molecule has 2 rings (SSSR count). The Morgan fingerprint density at radius 1 is 1.26 bits per heavy atom. The van der Waals surface area contributed by atoms with Crippen LogP contribution in [0.2, 0.25) is 5.15 Å². The van der Waals surface area contributed by atoms with E-state index < -0.39 is 0 Å². The van der Waals surface area contributed by atoms with Crippen molar-refractivity contribution in [2.45, 2.75) is 20.4 Å². The second-order valence-electron chi connectivity index (χ2n) is 3.94. The summed E-state index contributed by atoms with van der Waals surface area (Å²) in [6, 6.07) is 0. The lowest BCUT2D eigenvalue weighted by Gasteiger charge is -2.09.